The van der Waals surface area contributed by atoms with Crippen molar-refractivity contribution in [1.82, 2.24) is 4.90 Å². The topological polar surface area (TPSA) is 66.6 Å². The maximum Gasteiger partial charge on any atom is 0.230 e. The molecule has 1 saturated heterocycles. The summed E-state index contributed by atoms with van der Waals surface area (Å²) in [6, 6.07) is 0. The van der Waals surface area contributed by atoms with Crippen molar-refractivity contribution in [2.24, 2.45) is 11.1 Å². The van der Waals surface area contributed by atoms with Gasteiger partial charge in [-0.2, -0.15) is 0 Å². The number of carbonyl (C=O) groups excluding carboxylic acids is 1. The summed E-state index contributed by atoms with van der Waals surface area (Å²) in [6.45, 7) is 6.00. The molecule has 0 aromatic rings. The molecular formula is C14H28N2O2. The standard InChI is InChI=1S/C14H28N2O2/c1-3-7-14(11-15,8-4-2)13(18)16-9-5-12(17)6-10-16/h12,17H,3-11,15H2,1-2H3. The molecule has 1 rings (SSSR count). The van der Waals surface area contributed by atoms with Crippen LogP contribution in [0.3, 0.4) is 0 Å². The van der Waals surface area contributed by atoms with Crippen molar-refractivity contribution < 1.29 is 9.90 Å². The molecule has 4 nitrogen and oxygen atoms in total. The van der Waals surface area contributed by atoms with Crippen LogP contribution in [0.25, 0.3) is 0 Å². The highest BCUT2D eigenvalue weighted by Gasteiger charge is 2.39. The van der Waals surface area contributed by atoms with Gasteiger partial charge >= 0.3 is 0 Å². The van der Waals surface area contributed by atoms with Crippen LogP contribution in [0, 0.1) is 5.41 Å². The molecule has 3 N–H and O–H groups in total. The number of hydrogen-bond acceptors (Lipinski definition) is 3. The number of hydrogen-bond donors (Lipinski definition) is 2. The van der Waals surface area contributed by atoms with Crippen molar-refractivity contribution in [2.75, 3.05) is 19.6 Å². The minimum atomic E-state index is -0.369. The number of piperidine rings is 1. The molecule has 0 unspecified atom stereocenters. The van der Waals surface area contributed by atoms with E-state index in [-0.39, 0.29) is 17.4 Å². The third kappa shape index (κ3) is 3.45. The van der Waals surface area contributed by atoms with Gasteiger partial charge in [-0.1, -0.05) is 26.7 Å². The Morgan fingerprint density at radius 2 is 1.78 bits per heavy atom. The molecule has 106 valence electrons. The van der Waals surface area contributed by atoms with Gasteiger partial charge in [-0.15, -0.1) is 0 Å². The van der Waals surface area contributed by atoms with Crippen LogP contribution in [0.15, 0.2) is 0 Å². The molecule has 1 amide bonds. The first-order chi connectivity index (χ1) is 8.59. The lowest BCUT2D eigenvalue weighted by Crippen LogP contribution is -2.51. The van der Waals surface area contributed by atoms with Crippen LogP contribution in [0.4, 0.5) is 0 Å². The molecule has 1 aliphatic heterocycles. The molecule has 1 fully saturated rings. The monoisotopic (exact) mass is 256 g/mol. The molecule has 0 aromatic heterocycles. The Hall–Kier alpha value is -0.610. The average Bonchev–Trinajstić information content (AvgIpc) is 2.38. The normalized spacial score (nSPS) is 18.1. The van der Waals surface area contributed by atoms with Crippen LogP contribution < -0.4 is 5.73 Å². The third-order valence-electron chi connectivity index (χ3n) is 4.05. The molecule has 0 saturated carbocycles. The molecule has 0 spiro atoms. The summed E-state index contributed by atoms with van der Waals surface area (Å²) in [6.07, 6.45) is 4.87. The van der Waals surface area contributed by atoms with Gasteiger partial charge in [-0.05, 0) is 25.7 Å². The number of amides is 1. The van der Waals surface area contributed by atoms with Gasteiger partial charge in [0.1, 0.15) is 0 Å². The minimum Gasteiger partial charge on any atom is -0.393 e. The highest BCUT2D eigenvalue weighted by Crippen LogP contribution is 2.32. The number of nitrogens with zero attached hydrogens (tertiary/aromatic N) is 1. The quantitative estimate of drug-likeness (QED) is 0.757. The zero-order valence-corrected chi connectivity index (χ0v) is 11.8. The summed E-state index contributed by atoms with van der Waals surface area (Å²) in [7, 11) is 0. The zero-order valence-electron chi connectivity index (χ0n) is 11.8. The van der Waals surface area contributed by atoms with Crippen LogP contribution in [0.5, 0.6) is 0 Å². The van der Waals surface area contributed by atoms with Crippen molar-refractivity contribution in [2.45, 2.75) is 58.5 Å². The van der Waals surface area contributed by atoms with Crippen LogP contribution in [0.1, 0.15) is 52.4 Å². The molecule has 18 heavy (non-hydrogen) atoms. The first kappa shape index (κ1) is 15.4. The Kier molecular flexibility index (Phi) is 6.09. The molecule has 0 aliphatic carbocycles. The summed E-state index contributed by atoms with van der Waals surface area (Å²) in [5.41, 5.74) is 5.55. The van der Waals surface area contributed by atoms with Gasteiger partial charge in [-0.3, -0.25) is 4.79 Å². The van der Waals surface area contributed by atoms with Crippen LogP contribution in [-0.2, 0) is 4.79 Å². The lowest BCUT2D eigenvalue weighted by atomic mass is 9.77. The summed E-state index contributed by atoms with van der Waals surface area (Å²) in [4.78, 5) is 14.6. The molecule has 0 bridgehead atoms. The van der Waals surface area contributed by atoms with E-state index in [0.717, 1.165) is 25.7 Å². The lowest BCUT2D eigenvalue weighted by Gasteiger charge is -2.39. The van der Waals surface area contributed by atoms with Crippen molar-refractivity contribution in [3.8, 4) is 0 Å². The molecule has 0 radical (unpaired) electrons. The maximum atomic E-state index is 12.7. The Morgan fingerprint density at radius 3 is 2.17 bits per heavy atom. The van der Waals surface area contributed by atoms with E-state index in [9.17, 15) is 9.90 Å². The summed E-state index contributed by atoms with van der Waals surface area (Å²) < 4.78 is 0. The van der Waals surface area contributed by atoms with Gasteiger partial charge in [0, 0.05) is 19.6 Å². The Bertz CT molecular complexity index is 255. The number of likely N-dealkylation sites (tertiary alicyclic amines) is 1. The van der Waals surface area contributed by atoms with E-state index in [1.807, 2.05) is 4.90 Å². The van der Waals surface area contributed by atoms with Crippen molar-refractivity contribution in [3.05, 3.63) is 0 Å². The van der Waals surface area contributed by atoms with Gasteiger partial charge in [-0.25, -0.2) is 0 Å². The highest BCUT2D eigenvalue weighted by atomic mass is 16.3. The van der Waals surface area contributed by atoms with Crippen LogP contribution in [-0.4, -0.2) is 41.7 Å². The Morgan fingerprint density at radius 1 is 1.28 bits per heavy atom. The second-order valence-corrected chi connectivity index (χ2v) is 5.51. The van der Waals surface area contributed by atoms with E-state index < -0.39 is 0 Å². The van der Waals surface area contributed by atoms with E-state index in [4.69, 9.17) is 5.73 Å². The summed E-state index contributed by atoms with van der Waals surface area (Å²) in [5.74, 6) is 0.209. The van der Waals surface area contributed by atoms with Crippen molar-refractivity contribution >= 4 is 5.91 Å². The van der Waals surface area contributed by atoms with E-state index in [1.54, 1.807) is 0 Å². The molecule has 1 heterocycles. The molecule has 1 aliphatic rings. The third-order valence-corrected chi connectivity index (χ3v) is 4.05. The molecule has 0 aromatic carbocycles. The largest absolute Gasteiger partial charge is 0.393 e. The number of aliphatic hydroxyl groups is 1. The van der Waals surface area contributed by atoms with Gasteiger partial charge < -0.3 is 15.7 Å². The Balaban J connectivity index is 2.74. The first-order valence-corrected chi connectivity index (χ1v) is 7.27. The predicted octanol–water partition coefficient (Wildman–Crippen LogP) is 1.51. The Labute approximate surface area is 111 Å². The number of nitrogens with two attached hydrogens (primary N) is 1. The van der Waals surface area contributed by atoms with E-state index >= 15 is 0 Å². The summed E-state index contributed by atoms with van der Waals surface area (Å²) in [5, 5.41) is 9.51. The fraction of sp³-hybridized carbons (Fsp3) is 0.929. The number of aliphatic hydroxyl groups excluding tert-OH is 1. The van der Waals surface area contributed by atoms with Gasteiger partial charge in [0.25, 0.3) is 0 Å². The van der Waals surface area contributed by atoms with Crippen LogP contribution >= 0.6 is 0 Å². The highest BCUT2D eigenvalue weighted by molar-refractivity contribution is 5.83. The SMILES string of the molecule is CCCC(CN)(CCC)C(=O)N1CCC(O)CC1. The zero-order chi connectivity index (χ0) is 13.6. The fourth-order valence-corrected chi connectivity index (χ4v) is 2.99. The minimum absolute atomic E-state index is 0.209. The van der Waals surface area contributed by atoms with Gasteiger partial charge in [0.2, 0.25) is 5.91 Å². The van der Waals surface area contributed by atoms with Crippen LogP contribution in [0.2, 0.25) is 0 Å². The second-order valence-electron chi connectivity index (χ2n) is 5.51. The number of carbonyl (C=O) groups is 1. The maximum absolute atomic E-state index is 12.7. The smallest absolute Gasteiger partial charge is 0.230 e. The van der Waals surface area contributed by atoms with E-state index in [0.29, 0.717) is 32.5 Å². The molecule has 0 atom stereocenters. The lowest BCUT2D eigenvalue weighted by molar-refractivity contribution is -0.144. The van der Waals surface area contributed by atoms with Gasteiger partial charge in [0.05, 0.1) is 11.5 Å². The van der Waals surface area contributed by atoms with E-state index in [2.05, 4.69) is 13.8 Å². The van der Waals surface area contributed by atoms with Crippen molar-refractivity contribution in [1.29, 1.82) is 0 Å². The van der Waals surface area contributed by atoms with E-state index in [1.165, 1.54) is 0 Å². The number of rotatable bonds is 6. The average molecular weight is 256 g/mol. The molecule has 4 heteroatoms. The fourth-order valence-electron chi connectivity index (χ4n) is 2.99. The summed E-state index contributed by atoms with van der Waals surface area (Å²) >= 11 is 0. The van der Waals surface area contributed by atoms with Crippen molar-refractivity contribution in [3.63, 3.8) is 0 Å². The molecular weight excluding hydrogens is 228 g/mol. The second kappa shape index (κ2) is 7.10. The predicted molar refractivity (Wildman–Crippen MR) is 73.1 cm³/mol. The first-order valence-electron chi connectivity index (χ1n) is 7.27. The van der Waals surface area contributed by atoms with Gasteiger partial charge in [0.15, 0.2) is 0 Å².